The summed E-state index contributed by atoms with van der Waals surface area (Å²) in [6.45, 7) is 6.83. The lowest BCUT2D eigenvalue weighted by atomic mass is 9.89. The maximum atomic E-state index is 3.82. The first-order chi connectivity index (χ1) is 5.06. The second-order valence-corrected chi connectivity index (χ2v) is 4.28. The molecule has 0 aliphatic carbocycles. The van der Waals surface area contributed by atoms with Gasteiger partial charge in [-0.2, -0.15) is 0 Å². The molecule has 0 aromatic heterocycles. The Kier molecular flexibility index (Phi) is 5.50. The van der Waals surface area contributed by atoms with Gasteiger partial charge in [0.2, 0.25) is 0 Å². The van der Waals surface area contributed by atoms with Gasteiger partial charge >= 0.3 is 0 Å². The lowest BCUT2D eigenvalue weighted by molar-refractivity contribution is 0.361. The SMILES string of the molecule is CC(C)(C)CCCCC#CS. The minimum Gasteiger partial charge on any atom is -0.0922 e. The molecular weight excluding hydrogens is 152 g/mol. The summed E-state index contributed by atoms with van der Waals surface area (Å²) in [6, 6.07) is 0. The topological polar surface area (TPSA) is 0 Å². The molecule has 0 bridgehead atoms. The zero-order chi connectivity index (χ0) is 8.74. The van der Waals surface area contributed by atoms with Crippen LogP contribution >= 0.6 is 12.6 Å². The predicted octanol–water partition coefficient (Wildman–Crippen LogP) is 3.48. The van der Waals surface area contributed by atoms with Crippen LogP contribution < -0.4 is 0 Å². The van der Waals surface area contributed by atoms with Gasteiger partial charge < -0.3 is 0 Å². The first-order valence-electron chi connectivity index (χ1n) is 4.18. The summed E-state index contributed by atoms with van der Waals surface area (Å²) >= 11 is 3.82. The van der Waals surface area contributed by atoms with Crippen molar-refractivity contribution in [3.05, 3.63) is 0 Å². The monoisotopic (exact) mass is 170 g/mol. The van der Waals surface area contributed by atoms with E-state index in [9.17, 15) is 0 Å². The molecule has 0 unspecified atom stereocenters. The highest BCUT2D eigenvalue weighted by Crippen LogP contribution is 2.21. The summed E-state index contributed by atoms with van der Waals surface area (Å²) in [4.78, 5) is 0. The van der Waals surface area contributed by atoms with Crippen LogP contribution in [0.5, 0.6) is 0 Å². The van der Waals surface area contributed by atoms with E-state index >= 15 is 0 Å². The highest BCUT2D eigenvalue weighted by atomic mass is 32.1. The van der Waals surface area contributed by atoms with Gasteiger partial charge in [-0.05, 0) is 23.5 Å². The summed E-state index contributed by atoms with van der Waals surface area (Å²) in [7, 11) is 0. The Labute approximate surface area is 76.2 Å². The van der Waals surface area contributed by atoms with Crippen molar-refractivity contribution in [2.24, 2.45) is 5.41 Å². The van der Waals surface area contributed by atoms with E-state index in [-0.39, 0.29) is 0 Å². The average molecular weight is 170 g/mol. The van der Waals surface area contributed by atoms with Gasteiger partial charge in [-0.15, -0.1) is 0 Å². The molecule has 0 nitrogen and oxygen atoms in total. The van der Waals surface area contributed by atoms with E-state index in [1.807, 2.05) is 0 Å². The van der Waals surface area contributed by atoms with Crippen LogP contribution in [-0.2, 0) is 0 Å². The molecule has 0 saturated carbocycles. The van der Waals surface area contributed by atoms with Gasteiger partial charge in [0.15, 0.2) is 0 Å². The number of hydrogen-bond acceptors (Lipinski definition) is 1. The number of hydrogen-bond donors (Lipinski definition) is 1. The van der Waals surface area contributed by atoms with Crippen molar-refractivity contribution in [3.63, 3.8) is 0 Å². The zero-order valence-corrected chi connectivity index (χ0v) is 8.67. The number of rotatable bonds is 3. The Morgan fingerprint density at radius 2 is 1.82 bits per heavy atom. The Hall–Kier alpha value is -0.0900. The van der Waals surface area contributed by atoms with Crippen molar-refractivity contribution in [1.82, 2.24) is 0 Å². The van der Waals surface area contributed by atoms with E-state index < -0.39 is 0 Å². The van der Waals surface area contributed by atoms with Crippen molar-refractivity contribution in [3.8, 4) is 11.2 Å². The van der Waals surface area contributed by atoms with Crippen LogP contribution in [0, 0.1) is 16.6 Å². The first kappa shape index (κ1) is 10.9. The largest absolute Gasteiger partial charge is 0.0922 e. The van der Waals surface area contributed by atoms with Crippen molar-refractivity contribution in [2.45, 2.75) is 46.5 Å². The van der Waals surface area contributed by atoms with Gasteiger partial charge in [-0.1, -0.05) is 45.7 Å². The molecule has 0 N–H and O–H groups in total. The van der Waals surface area contributed by atoms with Crippen LogP contribution in [0.3, 0.4) is 0 Å². The Morgan fingerprint density at radius 3 is 2.27 bits per heavy atom. The molecule has 0 heterocycles. The summed E-state index contributed by atoms with van der Waals surface area (Å²) in [5.41, 5.74) is 0.481. The fourth-order valence-corrected chi connectivity index (χ4v) is 1.04. The van der Waals surface area contributed by atoms with E-state index in [1.54, 1.807) is 0 Å². The molecule has 0 aliphatic rings. The molecule has 0 amide bonds. The van der Waals surface area contributed by atoms with Crippen LogP contribution in [0.1, 0.15) is 46.5 Å². The van der Waals surface area contributed by atoms with Crippen LogP contribution in [0.4, 0.5) is 0 Å². The van der Waals surface area contributed by atoms with E-state index in [4.69, 9.17) is 0 Å². The summed E-state index contributed by atoms with van der Waals surface area (Å²) in [5, 5.41) is 2.61. The average Bonchev–Trinajstić information content (AvgIpc) is 1.85. The lowest BCUT2D eigenvalue weighted by Crippen LogP contribution is -2.03. The molecule has 64 valence electrons. The number of unbranched alkanes of at least 4 members (excludes halogenated alkanes) is 2. The van der Waals surface area contributed by atoms with Gasteiger partial charge in [-0.25, -0.2) is 0 Å². The summed E-state index contributed by atoms with van der Waals surface area (Å²) in [5.74, 6) is 2.95. The van der Waals surface area contributed by atoms with Gasteiger partial charge in [0.05, 0.1) is 0 Å². The van der Waals surface area contributed by atoms with E-state index in [1.165, 1.54) is 19.3 Å². The maximum Gasteiger partial charge on any atom is 0.00975 e. The Bertz CT molecular complexity index is 142. The van der Waals surface area contributed by atoms with Crippen molar-refractivity contribution in [2.75, 3.05) is 0 Å². The fourth-order valence-electron chi connectivity index (χ4n) is 0.925. The van der Waals surface area contributed by atoms with Crippen molar-refractivity contribution in [1.29, 1.82) is 0 Å². The van der Waals surface area contributed by atoms with E-state index in [0.29, 0.717) is 5.41 Å². The lowest BCUT2D eigenvalue weighted by Gasteiger charge is -2.16. The van der Waals surface area contributed by atoms with Crippen LogP contribution in [0.25, 0.3) is 0 Å². The Morgan fingerprint density at radius 1 is 1.18 bits per heavy atom. The van der Waals surface area contributed by atoms with Gasteiger partial charge in [0, 0.05) is 6.42 Å². The number of thiol groups is 1. The fraction of sp³-hybridized carbons (Fsp3) is 0.800. The van der Waals surface area contributed by atoms with Crippen LogP contribution in [0.15, 0.2) is 0 Å². The molecule has 0 aromatic carbocycles. The zero-order valence-electron chi connectivity index (χ0n) is 7.78. The molecule has 0 spiro atoms. The highest BCUT2D eigenvalue weighted by molar-refractivity contribution is 7.85. The predicted molar refractivity (Wildman–Crippen MR) is 54.7 cm³/mol. The van der Waals surface area contributed by atoms with Gasteiger partial charge in [-0.3, -0.25) is 0 Å². The first-order valence-corrected chi connectivity index (χ1v) is 4.63. The van der Waals surface area contributed by atoms with E-state index in [0.717, 1.165) is 6.42 Å². The van der Waals surface area contributed by atoms with Gasteiger partial charge in [0.1, 0.15) is 0 Å². The quantitative estimate of drug-likeness (QED) is 0.374. The molecule has 0 saturated heterocycles. The second-order valence-electron chi connectivity index (χ2n) is 4.06. The smallest absolute Gasteiger partial charge is 0.00975 e. The van der Waals surface area contributed by atoms with Crippen LogP contribution in [-0.4, -0.2) is 0 Å². The maximum absolute atomic E-state index is 3.82. The standard InChI is InChI=1S/C10H18S/c1-10(2,3)8-6-4-5-7-9-11/h11H,4-6,8H2,1-3H3. The van der Waals surface area contributed by atoms with Gasteiger partial charge in [0.25, 0.3) is 0 Å². The van der Waals surface area contributed by atoms with E-state index in [2.05, 4.69) is 44.6 Å². The molecule has 11 heavy (non-hydrogen) atoms. The minimum atomic E-state index is 0.481. The normalized spacial score (nSPS) is 10.5. The molecule has 0 atom stereocenters. The Balaban J connectivity index is 3.19. The molecule has 0 aliphatic heterocycles. The highest BCUT2D eigenvalue weighted by Gasteiger charge is 2.08. The molecule has 0 aromatic rings. The molecule has 0 fully saturated rings. The molecule has 0 rings (SSSR count). The third-order valence-electron chi connectivity index (χ3n) is 1.56. The minimum absolute atomic E-state index is 0.481. The third-order valence-corrected chi connectivity index (χ3v) is 1.72. The summed E-state index contributed by atoms with van der Waals surface area (Å²) < 4.78 is 0. The molecule has 0 radical (unpaired) electrons. The van der Waals surface area contributed by atoms with Crippen molar-refractivity contribution < 1.29 is 0 Å². The van der Waals surface area contributed by atoms with Crippen LogP contribution in [0.2, 0.25) is 0 Å². The second kappa shape index (κ2) is 5.55. The molecular formula is C10H18S. The van der Waals surface area contributed by atoms with Crippen molar-refractivity contribution >= 4 is 12.6 Å². The molecule has 1 heteroatoms. The summed E-state index contributed by atoms with van der Waals surface area (Å²) in [6.07, 6.45) is 4.79. The third kappa shape index (κ3) is 9.91.